The van der Waals surface area contributed by atoms with E-state index in [1.807, 2.05) is 0 Å². The number of nitrogens with one attached hydrogen (secondary N) is 1. The number of nitrogen functional groups attached to an aromatic ring is 1. The first-order valence-electron chi connectivity index (χ1n) is 5.97. The number of nitrogens with two attached hydrogens (primary N) is 1. The standard InChI is InChI=1S/C12H19N5O3/c1-15(2)12(18)8-16(3)7-9-4-5-10(14-13)11(6-9)17(19)20/h4-6,14H,7-8,13H2,1-3H3. The maximum absolute atomic E-state index is 11.6. The normalized spacial score (nSPS) is 10.4. The first-order chi connectivity index (χ1) is 9.35. The highest BCUT2D eigenvalue weighted by atomic mass is 16.6. The number of rotatable bonds is 6. The van der Waals surface area contributed by atoms with Crippen molar-refractivity contribution in [3.63, 3.8) is 0 Å². The predicted molar refractivity (Wildman–Crippen MR) is 75.9 cm³/mol. The Morgan fingerprint density at radius 3 is 2.55 bits per heavy atom. The van der Waals surface area contributed by atoms with Crippen molar-refractivity contribution in [3.05, 3.63) is 33.9 Å². The van der Waals surface area contributed by atoms with Crippen LogP contribution in [0.25, 0.3) is 0 Å². The fourth-order valence-corrected chi connectivity index (χ4v) is 1.69. The maximum Gasteiger partial charge on any atom is 0.293 e. The van der Waals surface area contributed by atoms with Crippen LogP contribution < -0.4 is 11.3 Å². The number of hydrogen-bond acceptors (Lipinski definition) is 6. The molecule has 0 aromatic heterocycles. The van der Waals surface area contributed by atoms with Crippen molar-refractivity contribution in [1.82, 2.24) is 9.80 Å². The molecule has 1 aromatic carbocycles. The molecule has 0 heterocycles. The van der Waals surface area contributed by atoms with Crippen LogP contribution in [0.1, 0.15) is 5.56 Å². The van der Waals surface area contributed by atoms with Crippen LogP contribution in [0.2, 0.25) is 0 Å². The van der Waals surface area contributed by atoms with Crippen LogP contribution >= 0.6 is 0 Å². The van der Waals surface area contributed by atoms with E-state index in [1.54, 1.807) is 38.2 Å². The van der Waals surface area contributed by atoms with Gasteiger partial charge in [0.25, 0.3) is 5.69 Å². The number of benzene rings is 1. The Kier molecular flexibility index (Phi) is 5.42. The molecule has 0 aliphatic carbocycles. The summed E-state index contributed by atoms with van der Waals surface area (Å²) < 4.78 is 0. The summed E-state index contributed by atoms with van der Waals surface area (Å²) in [5.41, 5.74) is 3.20. The number of hydrazine groups is 1. The maximum atomic E-state index is 11.6. The zero-order valence-corrected chi connectivity index (χ0v) is 11.8. The average molecular weight is 281 g/mol. The topological polar surface area (TPSA) is 105 Å². The van der Waals surface area contributed by atoms with E-state index in [0.29, 0.717) is 6.54 Å². The van der Waals surface area contributed by atoms with E-state index < -0.39 is 4.92 Å². The molecular weight excluding hydrogens is 262 g/mol. The summed E-state index contributed by atoms with van der Waals surface area (Å²) in [6.07, 6.45) is 0. The molecule has 0 saturated carbocycles. The molecular formula is C12H19N5O3. The Balaban J connectivity index is 2.80. The first-order valence-corrected chi connectivity index (χ1v) is 5.97. The van der Waals surface area contributed by atoms with Crippen molar-refractivity contribution in [1.29, 1.82) is 0 Å². The van der Waals surface area contributed by atoms with E-state index in [-0.39, 0.29) is 23.8 Å². The van der Waals surface area contributed by atoms with Crippen molar-refractivity contribution in [2.24, 2.45) is 5.84 Å². The van der Waals surface area contributed by atoms with Gasteiger partial charge in [0.1, 0.15) is 5.69 Å². The fourth-order valence-electron chi connectivity index (χ4n) is 1.69. The highest BCUT2D eigenvalue weighted by Crippen LogP contribution is 2.25. The van der Waals surface area contributed by atoms with Crippen LogP contribution in [0, 0.1) is 10.1 Å². The van der Waals surface area contributed by atoms with E-state index in [9.17, 15) is 14.9 Å². The molecule has 0 spiro atoms. The lowest BCUT2D eigenvalue weighted by atomic mass is 10.1. The van der Waals surface area contributed by atoms with Gasteiger partial charge in [0.2, 0.25) is 5.91 Å². The molecule has 0 aliphatic rings. The molecule has 0 saturated heterocycles. The molecule has 0 fully saturated rings. The second kappa shape index (κ2) is 6.83. The molecule has 20 heavy (non-hydrogen) atoms. The second-order valence-electron chi connectivity index (χ2n) is 4.71. The number of likely N-dealkylation sites (N-methyl/N-ethyl adjacent to an activating group) is 2. The van der Waals surface area contributed by atoms with Crippen molar-refractivity contribution >= 4 is 17.3 Å². The molecule has 3 N–H and O–H groups in total. The van der Waals surface area contributed by atoms with Gasteiger partial charge in [0.15, 0.2) is 0 Å². The highest BCUT2D eigenvalue weighted by Gasteiger charge is 2.15. The van der Waals surface area contributed by atoms with E-state index in [2.05, 4.69) is 5.43 Å². The number of anilines is 1. The third kappa shape index (κ3) is 4.18. The SMILES string of the molecule is CN(CC(=O)N(C)C)Cc1ccc(NN)c([N+](=O)[O-])c1. The van der Waals surface area contributed by atoms with Gasteiger partial charge in [-0.3, -0.25) is 25.7 Å². The largest absolute Gasteiger partial charge is 0.348 e. The van der Waals surface area contributed by atoms with Gasteiger partial charge in [-0.25, -0.2) is 0 Å². The Labute approximate surface area is 117 Å². The Bertz CT molecular complexity index is 504. The van der Waals surface area contributed by atoms with Gasteiger partial charge in [0, 0.05) is 26.7 Å². The summed E-state index contributed by atoms with van der Waals surface area (Å²) in [6.45, 7) is 0.683. The van der Waals surface area contributed by atoms with Crippen LogP contribution in [-0.4, -0.2) is 48.3 Å². The highest BCUT2D eigenvalue weighted by molar-refractivity contribution is 5.77. The Hall–Kier alpha value is -2.19. The van der Waals surface area contributed by atoms with Gasteiger partial charge in [-0.15, -0.1) is 0 Å². The molecule has 1 amide bonds. The summed E-state index contributed by atoms with van der Waals surface area (Å²) in [5, 5.41) is 10.9. The van der Waals surface area contributed by atoms with Crippen molar-refractivity contribution in [2.75, 3.05) is 33.1 Å². The lowest BCUT2D eigenvalue weighted by Crippen LogP contribution is -2.34. The summed E-state index contributed by atoms with van der Waals surface area (Å²) in [7, 11) is 5.15. The quantitative estimate of drug-likeness (QED) is 0.444. The van der Waals surface area contributed by atoms with Gasteiger partial charge in [-0.1, -0.05) is 6.07 Å². The van der Waals surface area contributed by atoms with Crippen LogP contribution in [0.4, 0.5) is 11.4 Å². The van der Waals surface area contributed by atoms with Crippen LogP contribution in [0.5, 0.6) is 0 Å². The lowest BCUT2D eigenvalue weighted by molar-refractivity contribution is -0.384. The molecule has 0 aliphatic heterocycles. The molecule has 110 valence electrons. The van der Waals surface area contributed by atoms with E-state index >= 15 is 0 Å². The van der Waals surface area contributed by atoms with Crippen LogP contribution in [0.3, 0.4) is 0 Å². The molecule has 8 nitrogen and oxygen atoms in total. The minimum Gasteiger partial charge on any atom is -0.348 e. The smallest absolute Gasteiger partial charge is 0.293 e. The minimum atomic E-state index is -0.496. The zero-order valence-electron chi connectivity index (χ0n) is 11.8. The third-order valence-electron chi connectivity index (χ3n) is 2.77. The van der Waals surface area contributed by atoms with Crippen LogP contribution in [-0.2, 0) is 11.3 Å². The molecule has 0 radical (unpaired) electrons. The average Bonchev–Trinajstić information content (AvgIpc) is 2.38. The number of carbonyl (C=O) groups excluding carboxylic acids is 1. The van der Waals surface area contributed by atoms with Gasteiger partial charge >= 0.3 is 0 Å². The lowest BCUT2D eigenvalue weighted by Gasteiger charge is -2.19. The van der Waals surface area contributed by atoms with Gasteiger partial charge in [0.05, 0.1) is 11.5 Å². The molecule has 1 aromatic rings. The molecule has 1 rings (SSSR count). The third-order valence-corrected chi connectivity index (χ3v) is 2.77. The molecule has 0 bridgehead atoms. The molecule has 0 unspecified atom stereocenters. The van der Waals surface area contributed by atoms with E-state index in [0.717, 1.165) is 5.56 Å². The summed E-state index contributed by atoms with van der Waals surface area (Å²) >= 11 is 0. The number of amides is 1. The summed E-state index contributed by atoms with van der Waals surface area (Å²) in [6, 6.07) is 4.74. The summed E-state index contributed by atoms with van der Waals surface area (Å²) in [5.74, 6) is 5.20. The van der Waals surface area contributed by atoms with Gasteiger partial charge in [-0.2, -0.15) is 0 Å². The summed E-state index contributed by atoms with van der Waals surface area (Å²) in [4.78, 5) is 25.3. The Morgan fingerprint density at radius 1 is 1.40 bits per heavy atom. The number of nitro groups is 1. The number of hydrogen-bond donors (Lipinski definition) is 2. The van der Waals surface area contributed by atoms with E-state index in [4.69, 9.17) is 5.84 Å². The van der Waals surface area contributed by atoms with E-state index in [1.165, 1.54) is 11.0 Å². The number of nitrogens with zero attached hydrogens (tertiary/aromatic N) is 3. The van der Waals surface area contributed by atoms with Crippen molar-refractivity contribution in [2.45, 2.75) is 6.54 Å². The minimum absolute atomic E-state index is 0.0257. The predicted octanol–water partition coefficient (Wildman–Crippen LogP) is 0.400. The van der Waals surface area contributed by atoms with Crippen molar-refractivity contribution in [3.8, 4) is 0 Å². The first kappa shape index (κ1) is 15.9. The van der Waals surface area contributed by atoms with Gasteiger partial charge < -0.3 is 10.3 Å². The number of carbonyl (C=O) groups is 1. The molecule has 8 heteroatoms. The molecule has 0 atom stereocenters. The van der Waals surface area contributed by atoms with Gasteiger partial charge in [-0.05, 0) is 18.7 Å². The van der Waals surface area contributed by atoms with Crippen LogP contribution in [0.15, 0.2) is 18.2 Å². The zero-order chi connectivity index (χ0) is 15.3. The fraction of sp³-hybridized carbons (Fsp3) is 0.417. The number of nitro benzene ring substituents is 1. The Morgan fingerprint density at radius 2 is 2.05 bits per heavy atom. The monoisotopic (exact) mass is 281 g/mol. The second-order valence-corrected chi connectivity index (χ2v) is 4.71. The van der Waals surface area contributed by atoms with Crippen molar-refractivity contribution < 1.29 is 9.72 Å².